The van der Waals surface area contributed by atoms with Crippen LogP contribution in [0, 0.1) is 5.92 Å². The van der Waals surface area contributed by atoms with Crippen LogP contribution >= 0.6 is 0 Å². The van der Waals surface area contributed by atoms with Crippen LogP contribution in [-0.2, 0) is 0 Å². The summed E-state index contributed by atoms with van der Waals surface area (Å²) < 4.78 is 0. The fourth-order valence-electron chi connectivity index (χ4n) is 2.80. The summed E-state index contributed by atoms with van der Waals surface area (Å²) in [5, 5.41) is 0. The Balaban J connectivity index is 1.98. The highest BCUT2D eigenvalue weighted by Gasteiger charge is 2.25. The number of rotatable bonds is 3. The number of aromatic nitrogens is 1. The van der Waals surface area contributed by atoms with Gasteiger partial charge in [-0.3, -0.25) is 9.88 Å². The van der Waals surface area contributed by atoms with E-state index in [2.05, 4.69) is 42.9 Å². The van der Waals surface area contributed by atoms with Crippen LogP contribution in [-0.4, -0.2) is 23.0 Å². The van der Waals surface area contributed by atoms with Crippen molar-refractivity contribution in [1.82, 2.24) is 9.88 Å². The van der Waals surface area contributed by atoms with Crippen molar-refractivity contribution in [2.24, 2.45) is 5.92 Å². The molecule has 1 heterocycles. The molecule has 0 saturated heterocycles. The standard InChI is InChI=1S/C15H24N2/c1-12-7-9-14(10-8-12)17(3)13(2)15-6-4-5-11-16-15/h4-6,11-14H,7-10H2,1-3H3/t12-,13?,14-. The molecule has 0 bridgehead atoms. The predicted molar refractivity (Wildman–Crippen MR) is 71.8 cm³/mol. The summed E-state index contributed by atoms with van der Waals surface area (Å²) >= 11 is 0. The fraction of sp³-hybridized carbons (Fsp3) is 0.667. The van der Waals surface area contributed by atoms with Crippen molar-refractivity contribution in [2.45, 2.75) is 51.6 Å². The molecule has 0 radical (unpaired) electrons. The number of nitrogens with zero attached hydrogens (tertiary/aromatic N) is 2. The zero-order valence-electron chi connectivity index (χ0n) is 11.3. The van der Waals surface area contributed by atoms with Gasteiger partial charge in [0.15, 0.2) is 0 Å². The summed E-state index contributed by atoms with van der Waals surface area (Å²) in [5.74, 6) is 0.921. The molecule has 17 heavy (non-hydrogen) atoms. The Morgan fingerprint density at radius 1 is 1.24 bits per heavy atom. The SMILES string of the molecule is CC(c1ccccn1)N(C)[C@H]1CC[C@H](C)CC1. The van der Waals surface area contributed by atoms with E-state index in [1.54, 1.807) is 0 Å². The Labute approximate surface area is 105 Å². The van der Waals surface area contributed by atoms with E-state index in [0.29, 0.717) is 6.04 Å². The molecule has 1 aliphatic carbocycles. The van der Waals surface area contributed by atoms with Gasteiger partial charge in [0, 0.05) is 18.3 Å². The lowest BCUT2D eigenvalue weighted by Gasteiger charge is -2.37. The Morgan fingerprint density at radius 2 is 1.94 bits per heavy atom. The van der Waals surface area contributed by atoms with Crippen molar-refractivity contribution >= 4 is 0 Å². The maximum atomic E-state index is 4.47. The van der Waals surface area contributed by atoms with Gasteiger partial charge in [-0.1, -0.05) is 13.0 Å². The number of hydrogen-bond donors (Lipinski definition) is 0. The van der Waals surface area contributed by atoms with Crippen LogP contribution in [0.25, 0.3) is 0 Å². The average Bonchev–Trinajstić information content (AvgIpc) is 2.39. The van der Waals surface area contributed by atoms with E-state index >= 15 is 0 Å². The predicted octanol–water partition coefficient (Wildman–Crippen LogP) is 3.65. The first-order chi connectivity index (χ1) is 8.18. The van der Waals surface area contributed by atoms with Gasteiger partial charge in [0.25, 0.3) is 0 Å². The molecule has 0 spiro atoms. The van der Waals surface area contributed by atoms with E-state index in [-0.39, 0.29) is 0 Å². The van der Waals surface area contributed by atoms with Gasteiger partial charge >= 0.3 is 0 Å². The van der Waals surface area contributed by atoms with Gasteiger partial charge in [-0.05, 0) is 57.7 Å². The second-order valence-electron chi connectivity index (χ2n) is 5.51. The van der Waals surface area contributed by atoms with Crippen LogP contribution in [0.3, 0.4) is 0 Å². The zero-order chi connectivity index (χ0) is 12.3. The van der Waals surface area contributed by atoms with Crippen molar-refractivity contribution in [3.63, 3.8) is 0 Å². The molecule has 2 heteroatoms. The second kappa shape index (κ2) is 5.63. The van der Waals surface area contributed by atoms with Gasteiger partial charge < -0.3 is 0 Å². The van der Waals surface area contributed by atoms with Crippen LogP contribution in [0.15, 0.2) is 24.4 Å². The van der Waals surface area contributed by atoms with E-state index in [1.807, 2.05) is 12.3 Å². The Hall–Kier alpha value is -0.890. The molecule has 1 fully saturated rings. The van der Waals surface area contributed by atoms with Crippen molar-refractivity contribution in [3.05, 3.63) is 30.1 Å². The Morgan fingerprint density at radius 3 is 2.53 bits per heavy atom. The summed E-state index contributed by atoms with van der Waals surface area (Å²) in [5.41, 5.74) is 1.19. The lowest BCUT2D eigenvalue weighted by atomic mass is 9.86. The van der Waals surface area contributed by atoms with E-state index in [4.69, 9.17) is 0 Å². The first-order valence-corrected chi connectivity index (χ1v) is 6.81. The normalized spacial score (nSPS) is 27.1. The quantitative estimate of drug-likeness (QED) is 0.790. The molecule has 1 aliphatic rings. The van der Waals surface area contributed by atoms with Crippen LogP contribution in [0.2, 0.25) is 0 Å². The molecule has 1 atom stereocenters. The zero-order valence-corrected chi connectivity index (χ0v) is 11.3. The number of pyridine rings is 1. The summed E-state index contributed by atoms with van der Waals surface area (Å²) in [6.07, 6.45) is 7.33. The van der Waals surface area contributed by atoms with Crippen molar-refractivity contribution in [2.75, 3.05) is 7.05 Å². The van der Waals surface area contributed by atoms with Gasteiger partial charge in [0.1, 0.15) is 0 Å². The van der Waals surface area contributed by atoms with Crippen LogP contribution in [0.1, 0.15) is 51.3 Å². The topological polar surface area (TPSA) is 16.1 Å². The third-order valence-electron chi connectivity index (χ3n) is 4.29. The minimum atomic E-state index is 0.426. The maximum absolute atomic E-state index is 4.47. The Bertz CT molecular complexity index is 328. The highest BCUT2D eigenvalue weighted by molar-refractivity contribution is 5.08. The molecule has 0 N–H and O–H groups in total. The largest absolute Gasteiger partial charge is 0.295 e. The maximum Gasteiger partial charge on any atom is 0.0572 e. The van der Waals surface area contributed by atoms with Crippen molar-refractivity contribution in [1.29, 1.82) is 0 Å². The summed E-state index contributed by atoms with van der Waals surface area (Å²) in [7, 11) is 2.25. The lowest BCUT2D eigenvalue weighted by molar-refractivity contribution is 0.129. The van der Waals surface area contributed by atoms with Crippen LogP contribution < -0.4 is 0 Å². The second-order valence-corrected chi connectivity index (χ2v) is 5.51. The van der Waals surface area contributed by atoms with Crippen molar-refractivity contribution in [3.8, 4) is 0 Å². The highest BCUT2D eigenvalue weighted by Crippen LogP contribution is 2.30. The van der Waals surface area contributed by atoms with Gasteiger partial charge in [-0.25, -0.2) is 0 Å². The molecule has 2 rings (SSSR count). The minimum absolute atomic E-state index is 0.426. The smallest absolute Gasteiger partial charge is 0.0572 e. The molecular formula is C15H24N2. The summed E-state index contributed by atoms with van der Waals surface area (Å²) in [6, 6.07) is 7.36. The molecule has 0 amide bonds. The van der Waals surface area contributed by atoms with E-state index in [1.165, 1.54) is 31.4 Å². The molecule has 1 aromatic rings. The van der Waals surface area contributed by atoms with Gasteiger partial charge in [0.05, 0.1) is 5.69 Å². The van der Waals surface area contributed by atoms with Gasteiger partial charge in [-0.2, -0.15) is 0 Å². The first-order valence-electron chi connectivity index (χ1n) is 6.81. The highest BCUT2D eigenvalue weighted by atomic mass is 15.2. The molecule has 94 valence electrons. The lowest BCUT2D eigenvalue weighted by Crippen LogP contribution is -2.36. The monoisotopic (exact) mass is 232 g/mol. The molecule has 0 aromatic carbocycles. The average molecular weight is 232 g/mol. The molecule has 1 aromatic heterocycles. The first kappa shape index (κ1) is 12.6. The molecular weight excluding hydrogens is 208 g/mol. The van der Waals surface area contributed by atoms with E-state index < -0.39 is 0 Å². The molecule has 1 unspecified atom stereocenters. The number of hydrogen-bond acceptors (Lipinski definition) is 2. The van der Waals surface area contributed by atoms with E-state index in [9.17, 15) is 0 Å². The van der Waals surface area contributed by atoms with E-state index in [0.717, 1.165) is 12.0 Å². The van der Waals surface area contributed by atoms with Gasteiger partial charge in [0.2, 0.25) is 0 Å². The van der Waals surface area contributed by atoms with Crippen LogP contribution in [0.4, 0.5) is 0 Å². The molecule has 1 saturated carbocycles. The molecule has 0 aliphatic heterocycles. The minimum Gasteiger partial charge on any atom is -0.295 e. The third kappa shape index (κ3) is 3.06. The fourth-order valence-corrected chi connectivity index (χ4v) is 2.80. The molecule has 2 nitrogen and oxygen atoms in total. The summed E-state index contributed by atoms with van der Waals surface area (Å²) in [4.78, 5) is 6.98. The van der Waals surface area contributed by atoms with Crippen LogP contribution in [0.5, 0.6) is 0 Å². The summed E-state index contributed by atoms with van der Waals surface area (Å²) in [6.45, 7) is 4.64. The third-order valence-corrected chi connectivity index (χ3v) is 4.29. The van der Waals surface area contributed by atoms with Gasteiger partial charge in [-0.15, -0.1) is 0 Å². The van der Waals surface area contributed by atoms with Crippen molar-refractivity contribution < 1.29 is 0 Å². The Kier molecular flexibility index (Phi) is 4.16.